The molecule has 5 nitrogen and oxygen atoms in total. The molecule has 1 aliphatic heterocycles. The molecule has 2 aliphatic rings. The third-order valence-corrected chi connectivity index (χ3v) is 6.25. The monoisotopic (exact) mass is 471 g/mol. The molecule has 2 aromatic carbocycles. The van der Waals surface area contributed by atoms with Crippen LogP contribution in [0.4, 0.5) is 22.0 Å². The summed E-state index contributed by atoms with van der Waals surface area (Å²) in [6.07, 6.45) is 0.773. The lowest BCUT2D eigenvalue weighted by Crippen LogP contribution is -2.42. The van der Waals surface area contributed by atoms with Gasteiger partial charge in [0.2, 0.25) is 5.82 Å². The van der Waals surface area contributed by atoms with Gasteiger partial charge in [0.25, 0.3) is 11.8 Å². The minimum absolute atomic E-state index is 0.0484. The van der Waals surface area contributed by atoms with Crippen LogP contribution in [0.15, 0.2) is 24.4 Å². The molecule has 1 N–H and O–H groups in total. The highest BCUT2D eigenvalue weighted by atomic mass is 19.2. The van der Waals surface area contributed by atoms with Crippen LogP contribution in [0.1, 0.15) is 43.1 Å². The lowest BCUT2D eigenvalue weighted by molar-refractivity contribution is 0.0611. The Morgan fingerprint density at radius 2 is 1.56 bits per heavy atom. The Balaban J connectivity index is 1.60. The van der Waals surface area contributed by atoms with Gasteiger partial charge in [0, 0.05) is 46.6 Å². The van der Waals surface area contributed by atoms with Gasteiger partial charge in [-0.15, -0.1) is 0 Å². The van der Waals surface area contributed by atoms with Crippen LogP contribution in [0, 0.1) is 41.4 Å². The van der Waals surface area contributed by atoms with Gasteiger partial charge in [-0.05, 0) is 30.5 Å². The van der Waals surface area contributed by atoms with Crippen LogP contribution in [-0.2, 0) is 12.8 Å². The molecule has 0 spiro atoms. The van der Waals surface area contributed by atoms with Gasteiger partial charge in [-0.1, -0.05) is 6.58 Å². The molecule has 3 aromatic rings. The molecular formula is C24H14F5N3O2. The van der Waals surface area contributed by atoms with Gasteiger partial charge >= 0.3 is 0 Å². The maximum absolute atomic E-state index is 14.1. The second-order valence-corrected chi connectivity index (χ2v) is 8.20. The number of carbonyl (C=O) groups is 2. The molecule has 172 valence electrons. The van der Waals surface area contributed by atoms with E-state index in [0.717, 1.165) is 0 Å². The van der Waals surface area contributed by atoms with Crippen molar-refractivity contribution in [2.45, 2.75) is 19.8 Å². The first kappa shape index (κ1) is 21.9. The van der Waals surface area contributed by atoms with Crippen LogP contribution < -0.4 is 0 Å². The Bertz CT molecular complexity index is 1500. The number of allylic oxidation sites excluding steroid dienone is 1. The van der Waals surface area contributed by atoms with E-state index in [9.17, 15) is 31.5 Å². The van der Waals surface area contributed by atoms with Crippen molar-refractivity contribution < 1.29 is 31.5 Å². The third-order valence-electron chi connectivity index (χ3n) is 6.25. The second kappa shape index (κ2) is 7.28. The lowest BCUT2D eigenvalue weighted by atomic mass is 9.81. The molecule has 0 saturated carbocycles. The highest BCUT2D eigenvalue weighted by Crippen LogP contribution is 2.39. The van der Waals surface area contributed by atoms with Gasteiger partial charge in [0.1, 0.15) is 0 Å². The maximum Gasteiger partial charge on any atom is 0.262 e. The maximum atomic E-state index is 14.1. The molecule has 1 aliphatic carbocycles. The van der Waals surface area contributed by atoms with Gasteiger partial charge in [0.15, 0.2) is 23.3 Å². The van der Waals surface area contributed by atoms with E-state index in [-0.39, 0.29) is 23.3 Å². The van der Waals surface area contributed by atoms with Crippen LogP contribution in [0.2, 0.25) is 0 Å². The molecule has 0 bridgehead atoms. The number of aryl methyl sites for hydroxylation is 1. The summed E-state index contributed by atoms with van der Waals surface area (Å²) < 4.78 is 68.6. The normalized spacial score (nSPS) is 15.1. The standard InChI is InChI=1S/C24H14F5N3O2/c1-8-5-11-15-12(7-31-13-6-9(2)22(30)14(8)16(13)15)24(34)32(23(11)33)4-3-10-17(25)19(27)21(29)20(28)18(10)26/h5,7,30H,2-4,6H2,1H3. The van der Waals surface area contributed by atoms with E-state index in [1.165, 1.54) is 12.3 Å². The first-order valence-corrected chi connectivity index (χ1v) is 10.1. The molecule has 5 rings (SSSR count). The van der Waals surface area contributed by atoms with Gasteiger partial charge in [0.05, 0.1) is 17.0 Å². The Hall–Kier alpha value is -3.95. The van der Waals surface area contributed by atoms with Crippen LogP contribution in [0.3, 0.4) is 0 Å². The number of hydrogen-bond acceptors (Lipinski definition) is 4. The van der Waals surface area contributed by atoms with Gasteiger partial charge in [-0.3, -0.25) is 24.9 Å². The molecule has 34 heavy (non-hydrogen) atoms. The number of nitrogens with one attached hydrogen (secondary N) is 1. The summed E-state index contributed by atoms with van der Waals surface area (Å²) in [4.78, 5) is 31.4. The van der Waals surface area contributed by atoms with Crippen molar-refractivity contribution in [3.05, 3.63) is 87.0 Å². The molecule has 0 radical (unpaired) electrons. The van der Waals surface area contributed by atoms with E-state index >= 15 is 0 Å². The summed E-state index contributed by atoms with van der Waals surface area (Å²) in [5.41, 5.74) is 1.46. The zero-order valence-corrected chi connectivity index (χ0v) is 17.6. The highest BCUT2D eigenvalue weighted by molar-refractivity contribution is 6.30. The topological polar surface area (TPSA) is 74.1 Å². The number of halogens is 5. The Morgan fingerprint density at radius 1 is 0.971 bits per heavy atom. The number of benzene rings is 2. The number of hydrogen-bond donors (Lipinski definition) is 1. The van der Waals surface area contributed by atoms with Crippen LogP contribution in [0.25, 0.3) is 10.8 Å². The molecule has 1 aromatic heterocycles. The molecule has 0 atom stereocenters. The van der Waals surface area contributed by atoms with Gasteiger partial charge in [-0.2, -0.15) is 0 Å². The van der Waals surface area contributed by atoms with Crippen molar-refractivity contribution in [1.82, 2.24) is 9.88 Å². The van der Waals surface area contributed by atoms with Crippen LogP contribution >= 0.6 is 0 Å². The van der Waals surface area contributed by atoms with Gasteiger partial charge < -0.3 is 0 Å². The zero-order chi connectivity index (χ0) is 24.6. The van der Waals surface area contributed by atoms with Crippen molar-refractivity contribution in [1.29, 1.82) is 5.41 Å². The van der Waals surface area contributed by atoms with Crippen molar-refractivity contribution in [2.24, 2.45) is 0 Å². The van der Waals surface area contributed by atoms with E-state index < -0.39 is 59.4 Å². The number of pyridine rings is 1. The number of imide groups is 1. The number of amides is 2. The number of nitrogens with zero attached hydrogens (tertiary/aromatic N) is 2. The van der Waals surface area contributed by atoms with E-state index in [2.05, 4.69) is 11.6 Å². The van der Waals surface area contributed by atoms with Crippen LogP contribution in [0.5, 0.6) is 0 Å². The van der Waals surface area contributed by atoms with Crippen molar-refractivity contribution in [3.63, 3.8) is 0 Å². The van der Waals surface area contributed by atoms with E-state index in [1.54, 1.807) is 6.92 Å². The number of carbonyl (C=O) groups excluding carboxylic acids is 2. The molecule has 0 fully saturated rings. The zero-order valence-electron chi connectivity index (χ0n) is 17.6. The lowest BCUT2D eigenvalue weighted by Gasteiger charge is -2.30. The predicted molar refractivity (Wildman–Crippen MR) is 111 cm³/mol. The average Bonchev–Trinajstić information content (AvgIpc) is 2.81. The summed E-state index contributed by atoms with van der Waals surface area (Å²) in [6.45, 7) is 4.96. The van der Waals surface area contributed by atoms with E-state index in [0.29, 0.717) is 38.1 Å². The van der Waals surface area contributed by atoms with Gasteiger partial charge in [-0.25, -0.2) is 22.0 Å². The summed E-state index contributed by atoms with van der Waals surface area (Å²) >= 11 is 0. The first-order valence-electron chi connectivity index (χ1n) is 10.1. The largest absolute Gasteiger partial charge is 0.300 e. The Labute approximate surface area is 189 Å². The quantitative estimate of drug-likeness (QED) is 0.264. The fourth-order valence-corrected chi connectivity index (χ4v) is 4.59. The summed E-state index contributed by atoms with van der Waals surface area (Å²) in [5.74, 6) is -12.1. The first-order chi connectivity index (χ1) is 16.0. The smallest absolute Gasteiger partial charge is 0.262 e. The van der Waals surface area contributed by atoms with Crippen molar-refractivity contribution in [2.75, 3.05) is 6.54 Å². The van der Waals surface area contributed by atoms with Crippen molar-refractivity contribution >= 4 is 28.3 Å². The molecule has 0 saturated heterocycles. The summed E-state index contributed by atoms with van der Waals surface area (Å²) in [7, 11) is 0. The Kier molecular flexibility index (Phi) is 4.68. The highest BCUT2D eigenvalue weighted by Gasteiger charge is 2.37. The SMILES string of the molecule is C=C1Cc2ncc3c4c(cc(C)c(c24)C1=N)C(=O)N(CCc1c(F)c(F)c(F)c(F)c1F)C3=O. The summed E-state index contributed by atoms with van der Waals surface area (Å²) in [6, 6.07) is 1.51. The molecule has 2 amide bonds. The minimum Gasteiger partial charge on any atom is -0.300 e. The molecule has 10 heteroatoms. The predicted octanol–water partition coefficient (Wildman–Crippen LogP) is 4.56. The van der Waals surface area contributed by atoms with Crippen LogP contribution in [-0.4, -0.2) is 34.0 Å². The Morgan fingerprint density at radius 3 is 2.21 bits per heavy atom. The number of rotatable bonds is 3. The fraction of sp³-hybridized carbons (Fsp3) is 0.167. The van der Waals surface area contributed by atoms with E-state index in [4.69, 9.17) is 5.41 Å². The molecular weight excluding hydrogens is 457 g/mol. The molecule has 0 unspecified atom stereocenters. The second-order valence-electron chi connectivity index (χ2n) is 8.20. The van der Waals surface area contributed by atoms with Crippen molar-refractivity contribution in [3.8, 4) is 0 Å². The average molecular weight is 471 g/mol. The fourth-order valence-electron chi connectivity index (χ4n) is 4.59. The van der Waals surface area contributed by atoms with E-state index in [1.807, 2.05) is 0 Å². The molecule has 2 heterocycles. The number of aromatic nitrogens is 1. The third kappa shape index (κ3) is 2.77. The summed E-state index contributed by atoms with van der Waals surface area (Å²) in [5, 5.41) is 9.22. The minimum atomic E-state index is -2.28.